The van der Waals surface area contributed by atoms with Gasteiger partial charge in [-0.3, -0.25) is 0 Å². The van der Waals surface area contributed by atoms with Crippen molar-refractivity contribution in [3.05, 3.63) is 41.0 Å². The summed E-state index contributed by atoms with van der Waals surface area (Å²) in [4.78, 5) is 8.94. The molecule has 0 aliphatic rings. The number of rotatable bonds is 4. The molecule has 0 saturated carbocycles. The van der Waals surface area contributed by atoms with Gasteiger partial charge in [0, 0.05) is 13.0 Å². The van der Waals surface area contributed by atoms with E-state index in [4.69, 9.17) is 4.74 Å². The van der Waals surface area contributed by atoms with Crippen molar-refractivity contribution in [1.82, 2.24) is 9.97 Å². The minimum absolute atomic E-state index is 0.189. The maximum Gasteiger partial charge on any atom is 0.227 e. The van der Waals surface area contributed by atoms with Crippen molar-refractivity contribution < 1.29 is 9.13 Å². The number of anilines is 1. The van der Waals surface area contributed by atoms with Crippen LogP contribution in [-0.2, 0) is 0 Å². The van der Waals surface area contributed by atoms with Crippen molar-refractivity contribution in [2.75, 3.05) is 12.4 Å². The van der Waals surface area contributed by atoms with E-state index >= 15 is 0 Å². The highest BCUT2D eigenvalue weighted by atomic mass is 19.1. The van der Waals surface area contributed by atoms with Crippen LogP contribution in [0.2, 0.25) is 0 Å². The predicted octanol–water partition coefficient (Wildman–Crippen LogP) is 4.19. The molecule has 2 aromatic rings. The van der Waals surface area contributed by atoms with Gasteiger partial charge in [0.15, 0.2) is 0 Å². The average molecular weight is 289 g/mol. The van der Waals surface area contributed by atoms with E-state index < -0.39 is 0 Å². The van der Waals surface area contributed by atoms with Gasteiger partial charge in [0.25, 0.3) is 0 Å². The minimum atomic E-state index is -0.280. The lowest BCUT2D eigenvalue weighted by Crippen LogP contribution is -2.06. The summed E-state index contributed by atoms with van der Waals surface area (Å²) in [6, 6.07) is 4.43. The van der Waals surface area contributed by atoms with Crippen LogP contribution in [0.4, 0.5) is 10.2 Å². The van der Waals surface area contributed by atoms with Gasteiger partial charge in [0.1, 0.15) is 23.2 Å². The number of aryl methyl sites for hydroxylation is 1. The Balaban J connectivity index is 2.45. The third kappa shape index (κ3) is 3.29. The molecule has 21 heavy (non-hydrogen) atoms. The van der Waals surface area contributed by atoms with Crippen LogP contribution in [0.1, 0.15) is 36.7 Å². The van der Waals surface area contributed by atoms with E-state index in [1.807, 2.05) is 27.8 Å². The molecule has 0 aliphatic carbocycles. The van der Waals surface area contributed by atoms with Gasteiger partial charge in [-0.15, -0.1) is 0 Å². The maximum atomic E-state index is 13.2. The Morgan fingerprint density at radius 2 is 1.90 bits per heavy atom. The summed E-state index contributed by atoms with van der Waals surface area (Å²) in [5.41, 5.74) is 1.55. The zero-order valence-electron chi connectivity index (χ0n) is 13.0. The third-order valence-electron chi connectivity index (χ3n) is 3.22. The highest BCUT2D eigenvalue weighted by Gasteiger charge is 2.15. The monoisotopic (exact) mass is 289 g/mol. The van der Waals surface area contributed by atoms with E-state index in [9.17, 15) is 4.39 Å². The van der Waals surface area contributed by atoms with Crippen molar-refractivity contribution >= 4 is 5.82 Å². The molecule has 5 heteroatoms. The lowest BCUT2D eigenvalue weighted by atomic mass is 10.2. The molecule has 1 N–H and O–H groups in total. The number of halogens is 1. The number of ether oxygens (including phenoxy) is 1. The first-order valence-corrected chi connectivity index (χ1v) is 6.92. The molecule has 0 saturated heterocycles. The second-order valence-corrected chi connectivity index (χ2v) is 5.28. The fraction of sp³-hybridized carbons (Fsp3) is 0.375. The molecular formula is C16H20FN3O. The minimum Gasteiger partial charge on any atom is -0.438 e. The van der Waals surface area contributed by atoms with Gasteiger partial charge in [-0.25, -0.2) is 9.37 Å². The highest BCUT2D eigenvalue weighted by molar-refractivity contribution is 5.50. The van der Waals surface area contributed by atoms with Crippen molar-refractivity contribution in [2.24, 2.45) is 0 Å². The molecular weight excluding hydrogens is 269 g/mol. The van der Waals surface area contributed by atoms with E-state index in [-0.39, 0.29) is 11.7 Å². The number of aromatic nitrogens is 2. The SMILES string of the molecule is CNc1nc(C(C)C)nc(Oc2ccc(F)cc2C)c1C. The van der Waals surface area contributed by atoms with E-state index in [0.717, 1.165) is 16.9 Å². The van der Waals surface area contributed by atoms with Gasteiger partial charge in [-0.1, -0.05) is 13.8 Å². The van der Waals surface area contributed by atoms with E-state index in [2.05, 4.69) is 15.3 Å². The van der Waals surface area contributed by atoms with Crippen LogP contribution in [0.5, 0.6) is 11.6 Å². The summed E-state index contributed by atoms with van der Waals surface area (Å²) < 4.78 is 19.0. The highest BCUT2D eigenvalue weighted by Crippen LogP contribution is 2.30. The van der Waals surface area contributed by atoms with Crippen LogP contribution in [0, 0.1) is 19.7 Å². The van der Waals surface area contributed by atoms with Gasteiger partial charge in [0.2, 0.25) is 5.88 Å². The topological polar surface area (TPSA) is 47.0 Å². The zero-order chi connectivity index (χ0) is 15.6. The first kappa shape index (κ1) is 15.2. The molecule has 0 atom stereocenters. The molecule has 0 amide bonds. The zero-order valence-corrected chi connectivity index (χ0v) is 13.0. The largest absolute Gasteiger partial charge is 0.438 e. The van der Waals surface area contributed by atoms with Gasteiger partial charge >= 0.3 is 0 Å². The molecule has 0 fully saturated rings. The van der Waals surface area contributed by atoms with Crippen LogP contribution >= 0.6 is 0 Å². The van der Waals surface area contributed by atoms with Crippen LogP contribution in [0.3, 0.4) is 0 Å². The van der Waals surface area contributed by atoms with Crippen LogP contribution in [0.15, 0.2) is 18.2 Å². The molecule has 0 bridgehead atoms. The summed E-state index contributed by atoms with van der Waals surface area (Å²) in [5.74, 6) is 2.44. The van der Waals surface area contributed by atoms with Crippen molar-refractivity contribution in [3.63, 3.8) is 0 Å². The third-order valence-corrected chi connectivity index (χ3v) is 3.22. The molecule has 0 radical (unpaired) electrons. The van der Waals surface area contributed by atoms with Crippen LogP contribution < -0.4 is 10.1 Å². The predicted molar refractivity (Wildman–Crippen MR) is 81.6 cm³/mol. The lowest BCUT2D eigenvalue weighted by molar-refractivity contribution is 0.448. The Kier molecular flexibility index (Phi) is 4.40. The smallest absolute Gasteiger partial charge is 0.227 e. The number of nitrogens with one attached hydrogen (secondary N) is 1. The number of benzene rings is 1. The second-order valence-electron chi connectivity index (χ2n) is 5.28. The molecule has 2 rings (SSSR count). The fourth-order valence-electron chi connectivity index (χ4n) is 1.95. The number of hydrogen-bond acceptors (Lipinski definition) is 4. The van der Waals surface area contributed by atoms with Crippen LogP contribution in [0.25, 0.3) is 0 Å². The first-order chi connectivity index (χ1) is 9.92. The van der Waals surface area contributed by atoms with Crippen molar-refractivity contribution in [1.29, 1.82) is 0 Å². The summed E-state index contributed by atoms with van der Waals surface area (Å²) in [6.07, 6.45) is 0. The molecule has 0 aliphatic heterocycles. The molecule has 1 aromatic heterocycles. The Morgan fingerprint density at radius 1 is 1.19 bits per heavy atom. The maximum absolute atomic E-state index is 13.2. The molecule has 112 valence electrons. The Bertz CT molecular complexity index is 656. The van der Waals surface area contributed by atoms with E-state index in [1.165, 1.54) is 12.1 Å². The Morgan fingerprint density at radius 3 is 2.48 bits per heavy atom. The van der Waals surface area contributed by atoms with Gasteiger partial charge in [-0.2, -0.15) is 4.98 Å². The van der Waals surface area contributed by atoms with Crippen molar-refractivity contribution in [2.45, 2.75) is 33.6 Å². The summed E-state index contributed by atoms with van der Waals surface area (Å²) in [5, 5.41) is 3.05. The Hall–Kier alpha value is -2.17. The summed E-state index contributed by atoms with van der Waals surface area (Å²) >= 11 is 0. The quantitative estimate of drug-likeness (QED) is 0.916. The standard InChI is InChI=1S/C16H20FN3O/c1-9(2)14-19-15(18-5)11(4)16(20-14)21-13-7-6-12(17)8-10(13)3/h6-9H,1-5H3,(H,18,19,20). The number of hydrogen-bond donors (Lipinski definition) is 1. The van der Waals surface area contributed by atoms with Crippen molar-refractivity contribution in [3.8, 4) is 11.6 Å². The average Bonchev–Trinajstić information content (AvgIpc) is 2.43. The normalized spacial score (nSPS) is 10.8. The summed E-state index contributed by atoms with van der Waals surface area (Å²) in [6.45, 7) is 7.75. The molecule has 4 nitrogen and oxygen atoms in total. The molecule has 0 spiro atoms. The van der Waals surface area contributed by atoms with Gasteiger partial charge in [-0.05, 0) is 37.6 Å². The van der Waals surface area contributed by atoms with Crippen LogP contribution in [-0.4, -0.2) is 17.0 Å². The van der Waals surface area contributed by atoms with Gasteiger partial charge < -0.3 is 10.1 Å². The lowest BCUT2D eigenvalue weighted by Gasteiger charge is -2.15. The van der Waals surface area contributed by atoms with E-state index in [0.29, 0.717) is 17.5 Å². The van der Waals surface area contributed by atoms with E-state index in [1.54, 1.807) is 13.0 Å². The molecule has 1 aromatic carbocycles. The van der Waals surface area contributed by atoms with Gasteiger partial charge in [0.05, 0.1) is 5.56 Å². The first-order valence-electron chi connectivity index (χ1n) is 6.92. The fourth-order valence-corrected chi connectivity index (χ4v) is 1.95. The number of nitrogens with zero attached hydrogens (tertiary/aromatic N) is 2. The Labute approximate surface area is 124 Å². The summed E-state index contributed by atoms with van der Waals surface area (Å²) in [7, 11) is 1.81. The molecule has 1 heterocycles. The molecule has 0 unspecified atom stereocenters. The second kappa shape index (κ2) is 6.08.